The smallest absolute Gasteiger partial charge is 0.222 e. The molecule has 4 nitrogen and oxygen atoms in total. The highest BCUT2D eigenvalue weighted by Gasteiger charge is 2.17. The molecule has 2 N–H and O–H groups in total. The third-order valence-corrected chi connectivity index (χ3v) is 3.63. The molecule has 1 atom stereocenters. The maximum Gasteiger partial charge on any atom is 0.222 e. The Balaban J connectivity index is 2.04. The highest BCUT2D eigenvalue weighted by Crippen LogP contribution is 2.28. The van der Waals surface area contributed by atoms with Gasteiger partial charge in [-0.25, -0.2) is 0 Å². The van der Waals surface area contributed by atoms with Gasteiger partial charge in [0.1, 0.15) is 5.75 Å². The number of methoxy groups -OCH3 is 1. The maximum atomic E-state index is 11.5. The van der Waals surface area contributed by atoms with Gasteiger partial charge in [0.15, 0.2) is 0 Å². The lowest BCUT2D eigenvalue weighted by atomic mass is 10.1. The Labute approximate surface area is 115 Å². The molecular weight excluding hydrogens is 296 g/mol. The van der Waals surface area contributed by atoms with Crippen LogP contribution in [0, 0.1) is 0 Å². The summed E-state index contributed by atoms with van der Waals surface area (Å²) in [6, 6.07) is 6.05. The number of carbonyl (C=O) groups excluding carboxylic acids is 1. The Hall–Kier alpha value is -1.23. The molecule has 98 valence electrons. The number of hydrogen-bond donors (Lipinski definition) is 2. The monoisotopic (exact) mass is 312 g/mol. The first kappa shape index (κ1) is 13.2. The first-order valence-electron chi connectivity index (χ1n) is 6.06. The molecule has 5 heteroatoms. The second-order valence-electron chi connectivity index (χ2n) is 4.39. The van der Waals surface area contributed by atoms with E-state index in [2.05, 4.69) is 26.6 Å². The van der Waals surface area contributed by atoms with Gasteiger partial charge in [0.05, 0.1) is 11.6 Å². The minimum Gasteiger partial charge on any atom is -0.496 e. The highest BCUT2D eigenvalue weighted by atomic mass is 79.9. The number of anilines is 1. The van der Waals surface area contributed by atoms with Gasteiger partial charge < -0.3 is 15.4 Å². The second kappa shape index (κ2) is 6.09. The predicted molar refractivity (Wildman–Crippen MR) is 75.0 cm³/mol. The molecule has 1 aliphatic heterocycles. The third kappa shape index (κ3) is 3.38. The van der Waals surface area contributed by atoms with Gasteiger partial charge in [-0.3, -0.25) is 4.79 Å². The zero-order valence-electron chi connectivity index (χ0n) is 10.3. The van der Waals surface area contributed by atoms with E-state index in [4.69, 9.17) is 4.74 Å². The average Bonchev–Trinajstić information content (AvgIpc) is 2.54. The third-order valence-electron chi connectivity index (χ3n) is 3.01. The number of ether oxygens (including phenoxy) is 1. The van der Waals surface area contributed by atoms with Gasteiger partial charge in [-0.05, 0) is 47.0 Å². The molecule has 0 aromatic heterocycles. The lowest BCUT2D eigenvalue weighted by molar-refractivity contribution is -0.120. The number of halogens is 1. The number of carbonyl (C=O) groups is 1. The van der Waals surface area contributed by atoms with E-state index in [1.807, 2.05) is 18.2 Å². The molecule has 0 radical (unpaired) electrons. The van der Waals surface area contributed by atoms with Gasteiger partial charge in [-0.15, -0.1) is 0 Å². The maximum absolute atomic E-state index is 11.5. The van der Waals surface area contributed by atoms with Crippen LogP contribution >= 0.6 is 15.9 Å². The normalized spacial score (nSPS) is 19.9. The van der Waals surface area contributed by atoms with Crippen molar-refractivity contribution in [2.75, 3.05) is 19.0 Å². The Kier molecular flexibility index (Phi) is 4.47. The highest BCUT2D eigenvalue weighted by molar-refractivity contribution is 9.10. The van der Waals surface area contributed by atoms with E-state index in [0.29, 0.717) is 6.42 Å². The van der Waals surface area contributed by atoms with Gasteiger partial charge in [0, 0.05) is 24.7 Å². The lowest BCUT2D eigenvalue weighted by Gasteiger charge is -2.17. The van der Waals surface area contributed by atoms with Crippen molar-refractivity contribution in [2.24, 2.45) is 0 Å². The molecule has 1 fully saturated rings. The van der Waals surface area contributed by atoms with E-state index < -0.39 is 0 Å². The quantitative estimate of drug-likeness (QED) is 0.901. The minimum atomic E-state index is 0.123. The Morgan fingerprint density at radius 3 is 3.06 bits per heavy atom. The van der Waals surface area contributed by atoms with Crippen molar-refractivity contribution in [3.63, 3.8) is 0 Å². The number of hydrogen-bond acceptors (Lipinski definition) is 3. The predicted octanol–water partition coefficient (Wildman–Crippen LogP) is 2.54. The van der Waals surface area contributed by atoms with Crippen molar-refractivity contribution in [1.29, 1.82) is 0 Å². The first-order valence-corrected chi connectivity index (χ1v) is 6.85. The van der Waals surface area contributed by atoms with Crippen LogP contribution in [0.15, 0.2) is 22.7 Å². The fourth-order valence-electron chi connectivity index (χ4n) is 2.09. The number of amides is 1. The van der Waals surface area contributed by atoms with Crippen molar-refractivity contribution < 1.29 is 9.53 Å². The standard InChI is InChI=1S/C13H17BrN2O2/c1-18-12-5-4-10(7-11(12)14)16-9-3-2-6-15-13(17)8-9/h4-5,7,9,16H,2-3,6,8H2,1H3,(H,15,17). The molecular formula is C13H17BrN2O2. The summed E-state index contributed by atoms with van der Waals surface area (Å²) in [6.07, 6.45) is 2.55. The van der Waals surface area contributed by atoms with Crippen molar-refractivity contribution >= 4 is 27.5 Å². The van der Waals surface area contributed by atoms with E-state index in [-0.39, 0.29) is 11.9 Å². The Morgan fingerprint density at radius 2 is 2.33 bits per heavy atom. The van der Waals surface area contributed by atoms with Crippen molar-refractivity contribution in [2.45, 2.75) is 25.3 Å². The van der Waals surface area contributed by atoms with E-state index in [1.165, 1.54) is 0 Å². The van der Waals surface area contributed by atoms with Crippen LogP contribution in [0.1, 0.15) is 19.3 Å². The molecule has 1 aromatic rings. The largest absolute Gasteiger partial charge is 0.496 e. The second-order valence-corrected chi connectivity index (χ2v) is 5.24. The zero-order chi connectivity index (χ0) is 13.0. The molecule has 1 heterocycles. The van der Waals surface area contributed by atoms with Crippen molar-refractivity contribution in [1.82, 2.24) is 5.32 Å². The Bertz CT molecular complexity index is 437. The van der Waals surface area contributed by atoms with Crippen molar-refractivity contribution in [3.8, 4) is 5.75 Å². The number of benzene rings is 1. The van der Waals surface area contributed by atoms with Crippen LogP contribution < -0.4 is 15.4 Å². The molecule has 1 saturated heterocycles. The molecule has 1 unspecified atom stereocenters. The average molecular weight is 313 g/mol. The van der Waals surface area contributed by atoms with Crippen LogP contribution in [0.3, 0.4) is 0 Å². The molecule has 0 spiro atoms. The van der Waals surface area contributed by atoms with Crippen LogP contribution in [-0.2, 0) is 4.79 Å². The fourth-order valence-corrected chi connectivity index (χ4v) is 2.63. The van der Waals surface area contributed by atoms with E-state index >= 15 is 0 Å². The summed E-state index contributed by atoms with van der Waals surface area (Å²) < 4.78 is 6.10. The summed E-state index contributed by atoms with van der Waals surface area (Å²) >= 11 is 3.46. The molecule has 1 aliphatic rings. The van der Waals surface area contributed by atoms with E-state index in [9.17, 15) is 4.79 Å². The molecule has 0 aliphatic carbocycles. The van der Waals surface area contributed by atoms with Crippen LogP contribution in [0.5, 0.6) is 5.75 Å². The van der Waals surface area contributed by atoms with Crippen LogP contribution in [-0.4, -0.2) is 25.6 Å². The summed E-state index contributed by atoms with van der Waals surface area (Å²) in [6.45, 7) is 0.781. The molecule has 0 saturated carbocycles. The van der Waals surface area contributed by atoms with E-state index in [1.54, 1.807) is 7.11 Å². The number of nitrogens with one attached hydrogen (secondary N) is 2. The van der Waals surface area contributed by atoms with Crippen molar-refractivity contribution in [3.05, 3.63) is 22.7 Å². The lowest BCUT2D eigenvalue weighted by Crippen LogP contribution is -2.26. The molecule has 18 heavy (non-hydrogen) atoms. The molecule has 1 amide bonds. The van der Waals surface area contributed by atoms with Gasteiger partial charge in [-0.1, -0.05) is 0 Å². The molecule has 2 rings (SSSR count). The molecule has 0 bridgehead atoms. The topological polar surface area (TPSA) is 50.4 Å². The molecule has 1 aromatic carbocycles. The Morgan fingerprint density at radius 1 is 1.50 bits per heavy atom. The van der Waals surface area contributed by atoms with Gasteiger partial charge in [0.2, 0.25) is 5.91 Å². The summed E-state index contributed by atoms with van der Waals surface area (Å²) in [4.78, 5) is 11.5. The van der Waals surface area contributed by atoms with Gasteiger partial charge >= 0.3 is 0 Å². The number of rotatable bonds is 3. The minimum absolute atomic E-state index is 0.123. The first-order chi connectivity index (χ1) is 8.69. The van der Waals surface area contributed by atoms with Crippen LogP contribution in [0.25, 0.3) is 0 Å². The van der Waals surface area contributed by atoms with E-state index in [0.717, 1.165) is 35.3 Å². The summed E-state index contributed by atoms with van der Waals surface area (Å²) in [5, 5.41) is 6.28. The van der Waals surface area contributed by atoms with Crippen LogP contribution in [0.4, 0.5) is 5.69 Å². The zero-order valence-corrected chi connectivity index (χ0v) is 11.9. The van der Waals surface area contributed by atoms with Crippen LogP contribution in [0.2, 0.25) is 0 Å². The van der Waals surface area contributed by atoms with Gasteiger partial charge in [0.25, 0.3) is 0 Å². The summed E-state index contributed by atoms with van der Waals surface area (Å²) in [7, 11) is 1.64. The summed E-state index contributed by atoms with van der Waals surface area (Å²) in [5.41, 5.74) is 1.00. The fraction of sp³-hybridized carbons (Fsp3) is 0.462. The summed E-state index contributed by atoms with van der Waals surface area (Å²) in [5.74, 6) is 0.928. The SMILES string of the molecule is COc1ccc(NC2CCCNC(=O)C2)cc1Br. The van der Waals surface area contributed by atoms with Gasteiger partial charge in [-0.2, -0.15) is 0 Å².